The smallest absolute Gasteiger partial charge is 0.274 e. The molecule has 0 atom stereocenters. The van der Waals surface area contributed by atoms with E-state index in [1.807, 2.05) is 39.7 Å². The van der Waals surface area contributed by atoms with Gasteiger partial charge in [-0.15, -0.1) is 0 Å². The number of carbonyl (C=O) groups excluding carboxylic acids is 1. The molecule has 1 aliphatic carbocycles. The number of hydrogen-bond donors (Lipinski definition) is 1. The van der Waals surface area contributed by atoms with Crippen LogP contribution in [-0.4, -0.2) is 23.7 Å². The van der Waals surface area contributed by atoms with E-state index in [1.54, 1.807) is 10.7 Å². The van der Waals surface area contributed by atoms with Crippen LogP contribution in [0.25, 0.3) is 16.6 Å². The molecule has 0 aliphatic heterocycles. The third kappa shape index (κ3) is 4.44. The molecule has 5 rings (SSSR count). The summed E-state index contributed by atoms with van der Waals surface area (Å²) >= 11 is 5.88. The van der Waals surface area contributed by atoms with E-state index in [9.17, 15) is 22.4 Å². The molecule has 0 unspecified atom stereocenters. The van der Waals surface area contributed by atoms with Gasteiger partial charge in [0.05, 0.1) is 27.7 Å². The number of nitrogens with one attached hydrogen (secondary N) is 1. The maximum Gasteiger partial charge on any atom is 0.279 e. The van der Waals surface area contributed by atoms with Gasteiger partial charge >= 0.3 is 0 Å². The van der Waals surface area contributed by atoms with Crippen molar-refractivity contribution in [3.05, 3.63) is 93.5 Å². The first-order valence-electron chi connectivity index (χ1n) is 11.6. The van der Waals surface area contributed by atoms with Crippen molar-refractivity contribution in [1.29, 1.82) is 0 Å². The number of aromatic nitrogens is 2. The highest BCUT2D eigenvalue weighted by molar-refractivity contribution is 7.90. The van der Waals surface area contributed by atoms with Crippen molar-refractivity contribution in [3.63, 3.8) is 0 Å². The summed E-state index contributed by atoms with van der Waals surface area (Å²) in [4.78, 5) is 26.1. The number of carbonyl (C=O) groups is 1. The van der Waals surface area contributed by atoms with E-state index in [-0.39, 0.29) is 22.2 Å². The van der Waals surface area contributed by atoms with Crippen LogP contribution in [0.15, 0.2) is 76.4 Å². The van der Waals surface area contributed by atoms with Gasteiger partial charge in [-0.25, -0.2) is 22.2 Å². The molecule has 186 valence electrons. The molecular weight excluding hydrogens is 505 g/mol. The maximum absolute atomic E-state index is 13.6. The molecule has 1 aromatic heterocycles. The molecule has 7 nitrogen and oxygen atoms in total. The topological polar surface area (TPSA) is 90.2 Å². The van der Waals surface area contributed by atoms with Gasteiger partial charge in [0.2, 0.25) is 0 Å². The van der Waals surface area contributed by atoms with Crippen LogP contribution in [0.1, 0.15) is 48.5 Å². The Morgan fingerprint density at radius 2 is 1.69 bits per heavy atom. The van der Waals surface area contributed by atoms with Crippen molar-refractivity contribution < 1.29 is 17.6 Å². The maximum atomic E-state index is 13.6. The van der Waals surface area contributed by atoms with Crippen LogP contribution in [0.4, 0.5) is 4.39 Å². The van der Waals surface area contributed by atoms with E-state index in [4.69, 9.17) is 11.6 Å². The summed E-state index contributed by atoms with van der Waals surface area (Å²) in [7, 11) is -4.37. The fourth-order valence-electron chi connectivity index (χ4n) is 4.79. The second-order valence-electron chi connectivity index (χ2n) is 8.83. The molecule has 0 spiro atoms. The number of benzene rings is 3. The van der Waals surface area contributed by atoms with Crippen LogP contribution < -0.4 is 10.3 Å². The van der Waals surface area contributed by atoms with Gasteiger partial charge in [0, 0.05) is 5.56 Å². The molecule has 1 N–H and O–H groups in total. The van der Waals surface area contributed by atoms with E-state index >= 15 is 0 Å². The molecule has 1 amide bonds. The predicted octanol–water partition coefficient (Wildman–Crippen LogP) is 5.21. The van der Waals surface area contributed by atoms with Crippen molar-refractivity contribution in [3.8, 4) is 5.69 Å². The van der Waals surface area contributed by atoms with E-state index in [2.05, 4.69) is 0 Å². The summed E-state index contributed by atoms with van der Waals surface area (Å²) < 4.78 is 44.4. The molecule has 10 heteroatoms. The van der Waals surface area contributed by atoms with Gasteiger partial charge < -0.3 is 0 Å². The minimum atomic E-state index is -4.37. The van der Waals surface area contributed by atoms with Gasteiger partial charge in [0.1, 0.15) is 10.7 Å². The molecule has 3 aromatic carbocycles. The first-order chi connectivity index (χ1) is 17.3. The SMILES string of the molecule is O=C(NS(=O)(=O)c1ccc(F)cc1Cl)c1ccc2c(c1)c(=O)n(-c1ccccc1)n2C1CCCCC1. The Balaban J connectivity index is 1.57. The number of amides is 1. The van der Waals surface area contributed by atoms with E-state index in [0.717, 1.165) is 50.3 Å². The third-order valence-electron chi connectivity index (χ3n) is 6.48. The minimum Gasteiger partial charge on any atom is -0.274 e. The summed E-state index contributed by atoms with van der Waals surface area (Å²) in [6.45, 7) is 0. The van der Waals surface area contributed by atoms with Crippen molar-refractivity contribution in [2.24, 2.45) is 0 Å². The quantitative estimate of drug-likeness (QED) is 0.386. The second-order valence-corrected chi connectivity index (χ2v) is 10.9. The number of para-hydroxylation sites is 1. The average Bonchev–Trinajstić information content (AvgIpc) is 3.16. The Kier molecular flexibility index (Phi) is 6.44. The van der Waals surface area contributed by atoms with E-state index in [0.29, 0.717) is 16.6 Å². The van der Waals surface area contributed by atoms with Gasteiger partial charge in [-0.3, -0.25) is 14.3 Å². The van der Waals surface area contributed by atoms with Gasteiger partial charge in [0.25, 0.3) is 21.5 Å². The van der Waals surface area contributed by atoms with Gasteiger partial charge in [-0.2, -0.15) is 0 Å². The fraction of sp³-hybridized carbons (Fsp3) is 0.231. The van der Waals surface area contributed by atoms with Crippen LogP contribution in [0.5, 0.6) is 0 Å². The van der Waals surface area contributed by atoms with Crippen molar-refractivity contribution in [2.45, 2.75) is 43.0 Å². The van der Waals surface area contributed by atoms with Crippen LogP contribution in [-0.2, 0) is 10.0 Å². The molecule has 1 aliphatic rings. The molecule has 0 saturated heterocycles. The van der Waals surface area contributed by atoms with Gasteiger partial charge in [-0.1, -0.05) is 49.1 Å². The number of rotatable bonds is 5. The molecule has 1 fully saturated rings. The lowest BCUT2D eigenvalue weighted by Crippen LogP contribution is -2.30. The lowest BCUT2D eigenvalue weighted by molar-refractivity contribution is 0.0981. The van der Waals surface area contributed by atoms with Gasteiger partial charge in [0.15, 0.2) is 0 Å². The number of nitrogens with zero attached hydrogens (tertiary/aromatic N) is 2. The summed E-state index contributed by atoms with van der Waals surface area (Å²) in [5.41, 5.74) is 1.10. The van der Waals surface area contributed by atoms with Crippen molar-refractivity contribution in [2.75, 3.05) is 0 Å². The zero-order chi connectivity index (χ0) is 25.4. The molecule has 1 heterocycles. The Morgan fingerprint density at radius 1 is 0.972 bits per heavy atom. The first kappa shape index (κ1) is 24.3. The summed E-state index contributed by atoms with van der Waals surface area (Å²) in [5.74, 6) is -1.62. The standard InChI is InChI=1S/C26H23ClFN3O4S/c27-22-16-18(28)12-14-24(22)36(34,35)29-25(32)17-11-13-23-21(15-17)26(33)31(20-9-5-2-6-10-20)30(23)19-7-3-1-4-8-19/h2,5-6,9-16,19H,1,3-4,7-8H2,(H,29,32). The zero-order valence-corrected chi connectivity index (χ0v) is 20.7. The van der Waals surface area contributed by atoms with Crippen LogP contribution in [0.2, 0.25) is 5.02 Å². The summed E-state index contributed by atoms with van der Waals surface area (Å²) in [6, 6.07) is 16.8. The first-order valence-corrected chi connectivity index (χ1v) is 13.5. The molecule has 0 bridgehead atoms. The van der Waals surface area contributed by atoms with E-state index in [1.165, 1.54) is 12.1 Å². The molecule has 1 saturated carbocycles. The lowest BCUT2D eigenvalue weighted by Gasteiger charge is -2.26. The van der Waals surface area contributed by atoms with E-state index < -0.39 is 26.6 Å². The van der Waals surface area contributed by atoms with Crippen LogP contribution in [0, 0.1) is 5.82 Å². The average molecular weight is 528 g/mol. The number of sulfonamides is 1. The Labute approximate surface area is 212 Å². The molecule has 4 aromatic rings. The fourth-order valence-corrected chi connectivity index (χ4v) is 6.30. The van der Waals surface area contributed by atoms with Crippen molar-refractivity contribution in [1.82, 2.24) is 14.1 Å². The highest BCUT2D eigenvalue weighted by Gasteiger charge is 2.26. The molecule has 0 radical (unpaired) electrons. The highest BCUT2D eigenvalue weighted by atomic mass is 35.5. The highest BCUT2D eigenvalue weighted by Crippen LogP contribution is 2.32. The number of halogens is 2. The summed E-state index contributed by atoms with van der Waals surface area (Å²) in [6.07, 6.45) is 5.17. The normalized spacial score (nSPS) is 14.7. The van der Waals surface area contributed by atoms with Crippen molar-refractivity contribution >= 4 is 38.4 Å². The second kappa shape index (κ2) is 9.55. The monoisotopic (exact) mass is 527 g/mol. The predicted molar refractivity (Wildman–Crippen MR) is 136 cm³/mol. The summed E-state index contributed by atoms with van der Waals surface area (Å²) in [5, 5.41) is -0.0321. The van der Waals surface area contributed by atoms with Gasteiger partial charge in [-0.05, 0) is 61.4 Å². The van der Waals surface area contributed by atoms with Crippen LogP contribution in [0.3, 0.4) is 0 Å². The minimum absolute atomic E-state index is 0.00224. The van der Waals surface area contributed by atoms with Crippen LogP contribution >= 0.6 is 11.6 Å². The number of hydrogen-bond acceptors (Lipinski definition) is 4. The Morgan fingerprint density at radius 3 is 2.39 bits per heavy atom. The largest absolute Gasteiger partial charge is 0.279 e. The molecular formula is C26H23ClFN3O4S. The Hall–Kier alpha value is -3.43. The number of fused-ring (bicyclic) bond motifs is 1. The zero-order valence-electron chi connectivity index (χ0n) is 19.2. The third-order valence-corrected chi connectivity index (χ3v) is 8.29. The lowest BCUT2D eigenvalue weighted by atomic mass is 9.95. The Bertz CT molecular complexity index is 1620. The molecule has 36 heavy (non-hydrogen) atoms.